The normalized spacial score (nSPS) is 14.1. The summed E-state index contributed by atoms with van der Waals surface area (Å²) in [7, 11) is 0. The van der Waals surface area contributed by atoms with Crippen LogP contribution in [0.2, 0.25) is 0 Å². The molecular weight excluding hydrogens is 398 g/mol. The lowest BCUT2D eigenvalue weighted by molar-refractivity contribution is -0.126. The van der Waals surface area contributed by atoms with Crippen LogP contribution in [0.1, 0.15) is 74.7 Å². The van der Waals surface area contributed by atoms with E-state index in [9.17, 15) is 14.4 Å². The number of carbonyl (C=O) groups excluding carboxylic acids is 3. The third-order valence-electron chi connectivity index (χ3n) is 4.14. The molecule has 0 bridgehead atoms. The number of rotatable bonds is 12. The molecule has 0 aliphatic carbocycles. The van der Waals surface area contributed by atoms with E-state index in [4.69, 9.17) is 9.47 Å². The van der Waals surface area contributed by atoms with Gasteiger partial charge >= 0.3 is 6.09 Å². The molecule has 0 unspecified atom stereocenters. The lowest BCUT2D eigenvalue weighted by Gasteiger charge is -2.26. The summed E-state index contributed by atoms with van der Waals surface area (Å²) in [6, 6.07) is -0.853. The van der Waals surface area contributed by atoms with Gasteiger partial charge in [0.25, 0.3) is 0 Å². The summed E-state index contributed by atoms with van der Waals surface area (Å²) < 4.78 is 10.9. The zero-order valence-electron chi connectivity index (χ0n) is 20.6. The molecule has 31 heavy (non-hydrogen) atoms. The van der Waals surface area contributed by atoms with Crippen molar-refractivity contribution in [3.05, 3.63) is 12.2 Å². The molecule has 3 amide bonds. The van der Waals surface area contributed by atoms with Gasteiger partial charge in [-0.3, -0.25) is 9.59 Å². The van der Waals surface area contributed by atoms with Crippen LogP contribution in [0.3, 0.4) is 0 Å². The van der Waals surface area contributed by atoms with Crippen LogP contribution in [0, 0.1) is 5.92 Å². The molecule has 0 rings (SSSR count). The van der Waals surface area contributed by atoms with Gasteiger partial charge in [0.2, 0.25) is 11.8 Å². The number of alkyl carbamates (subject to hydrolysis) is 1. The second kappa shape index (κ2) is 14.1. The SMILES string of the molecule is CC[C@H](C)C(=O)NCCC=CCCNC(=O)[C@H](COC(C)(C)C)NC(=O)OC(C)(C)C. The van der Waals surface area contributed by atoms with Crippen LogP contribution in [0.15, 0.2) is 12.2 Å². The third kappa shape index (κ3) is 16.3. The zero-order chi connectivity index (χ0) is 24.1. The largest absolute Gasteiger partial charge is 0.444 e. The Labute approximate surface area is 187 Å². The van der Waals surface area contributed by atoms with Gasteiger partial charge in [0.15, 0.2) is 0 Å². The fourth-order valence-corrected chi connectivity index (χ4v) is 2.24. The van der Waals surface area contributed by atoms with E-state index in [0.717, 1.165) is 12.8 Å². The first kappa shape index (κ1) is 28.9. The molecule has 0 saturated carbocycles. The summed E-state index contributed by atoms with van der Waals surface area (Å²) in [6.45, 7) is 15.9. The second-order valence-corrected chi connectivity index (χ2v) is 9.56. The van der Waals surface area contributed by atoms with Crippen LogP contribution in [0.25, 0.3) is 0 Å². The fourth-order valence-electron chi connectivity index (χ4n) is 2.24. The van der Waals surface area contributed by atoms with Gasteiger partial charge in [-0.05, 0) is 60.8 Å². The Hall–Kier alpha value is -2.09. The highest BCUT2D eigenvalue weighted by molar-refractivity contribution is 5.85. The maximum atomic E-state index is 12.5. The van der Waals surface area contributed by atoms with Crippen LogP contribution in [-0.4, -0.2) is 54.8 Å². The highest BCUT2D eigenvalue weighted by atomic mass is 16.6. The van der Waals surface area contributed by atoms with E-state index in [1.807, 2.05) is 46.8 Å². The highest BCUT2D eigenvalue weighted by Crippen LogP contribution is 2.09. The summed E-state index contributed by atoms with van der Waals surface area (Å²) in [4.78, 5) is 36.3. The first-order valence-electron chi connectivity index (χ1n) is 11.1. The molecule has 2 atom stereocenters. The van der Waals surface area contributed by atoms with Gasteiger partial charge in [0, 0.05) is 19.0 Å². The molecule has 0 aromatic carbocycles. The van der Waals surface area contributed by atoms with E-state index in [0.29, 0.717) is 19.5 Å². The summed E-state index contributed by atoms with van der Waals surface area (Å²) in [5.41, 5.74) is -1.10. The molecule has 8 nitrogen and oxygen atoms in total. The van der Waals surface area contributed by atoms with Gasteiger partial charge in [-0.15, -0.1) is 0 Å². The molecule has 180 valence electrons. The lowest BCUT2D eigenvalue weighted by Crippen LogP contribution is -2.51. The quantitative estimate of drug-likeness (QED) is 0.318. The molecule has 0 heterocycles. The molecular formula is C23H43N3O5. The van der Waals surface area contributed by atoms with Gasteiger partial charge < -0.3 is 25.4 Å². The number of carbonyl (C=O) groups is 3. The average Bonchev–Trinajstić information content (AvgIpc) is 2.63. The van der Waals surface area contributed by atoms with E-state index in [2.05, 4.69) is 16.0 Å². The van der Waals surface area contributed by atoms with Crippen molar-refractivity contribution in [2.24, 2.45) is 5.92 Å². The molecule has 3 N–H and O–H groups in total. The molecule has 8 heteroatoms. The van der Waals surface area contributed by atoms with Crippen molar-refractivity contribution >= 4 is 17.9 Å². The van der Waals surface area contributed by atoms with Gasteiger partial charge in [-0.1, -0.05) is 26.0 Å². The predicted octanol–water partition coefficient (Wildman–Crippen LogP) is 3.31. The first-order chi connectivity index (χ1) is 14.2. The Bertz CT molecular complexity index is 591. The molecule has 0 radical (unpaired) electrons. The van der Waals surface area contributed by atoms with Crippen LogP contribution in [0.4, 0.5) is 4.79 Å². The minimum absolute atomic E-state index is 0.0312. The Balaban J connectivity index is 4.42. The van der Waals surface area contributed by atoms with Crippen molar-refractivity contribution < 1.29 is 23.9 Å². The summed E-state index contributed by atoms with van der Waals surface area (Å²) in [6.07, 6.45) is 5.47. The van der Waals surface area contributed by atoms with Crippen molar-refractivity contribution in [2.75, 3.05) is 19.7 Å². The van der Waals surface area contributed by atoms with Crippen LogP contribution >= 0.6 is 0 Å². The van der Waals surface area contributed by atoms with Crippen LogP contribution in [0.5, 0.6) is 0 Å². The van der Waals surface area contributed by atoms with Crippen molar-refractivity contribution in [3.63, 3.8) is 0 Å². The maximum absolute atomic E-state index is 12.5. The van der Waals surface area contributed by atoms with Gasteiger partial charge in [0.1, 0.15) is 11.6 Å². The third-order valence-corrected chi connectivity index (χ3v) is 4.14. The lowest BCUT2D eigenvalue weighted by atomic mass is 10.1. The first-order valence-corrected chi connectivity index (χ1v) is 11.1. The van der Waals surface area contributed by atoms with Crippen molar-refractivity contribution in [1.29, 1.82) is 0 Å². The molecule has 0 aromatic heterocycles. The van der Waals surface area contributed by atoms with Crippen molar-refractivity contribution in [2.45, 2.75) is 91.9 Å². The average molecular weight is 442 g/mol. The number of hydrogen-bond donors (Lipinski definition) is 3. The summed E-state index contributed by atoms with van der Waals surface area (Å²) >= 11 is 0. The van der Waals surface area contributed by atoms with Crippen LogP contribution in [-0.2, 0) is 19.1 Å². The Morgan fingerprint density at radius 1 is 0.871 bits per heavy atom. The van der Waals surface area contributed by atoms with Crippen molar-refractivity contribution in [3.8, 4) is 0 Å². The standard InChI is InChI=1S/C23H43N3O5/c1-9-17(2)19(27)24-14-12-10-11-13-15-25-20(28)18(16-30-22(3,4)5)26-21(29)31-23(6,7)8/h10-11,17-18H,9,12-16H2,1-8H3,(H,24,27)(H,25,28)(H,26,29)/t17-,18-/m0/s1. The summed E-state index contributed by atoms with van der Waals surface area (Å²) in [5, 5.41) is 8.28. The fraction of sp³-hybridized carbons (Fsp3) is 0.783. The minimum Gasteiger partial charge on any atom is -0.444 e. The van der Waals surface area contributed by atoms with E-state index in [1.54, 1.807) is 20.8 Å². The zero-order valence-corrected chi connectivity index (χ0v) is 20.6. The highest BCUT2D eigenvalue weighted by Gasteiger charge is 2.26. The molecule has 0 aromatic rings. The van der Waals surface area contributed by atoms with E-state index in [1.165, 1.54) is 0 Å². The van der Waals surface area contributed by atoms with Crippen LogP contribution < -0.4 is 16.0 Å². The van der Waals surface area contributed by atoms with Gasteiger partial charge in [0.05, 0.1) is 12.2 Å². The number of nitrogens with one attached hydrogen (secondary N) is 3. The smallest absolute Gasteiger partial charge is 0.408 e. The topological polar surface area (TPSA) is 106 Å². The maximum Gasteiger partial charge on any atom is 0.408 e. The van der Waals surface area contributed by atoms with Gasteiger partial charge in [-0.25, -0.2) is 4.79 Å². The number of hydrogen-bond acceptors (Lipinski definition) is 5. The molecule has 0 fully saturated rings. The van der Waals surface area contributed by atoms with Gasteiger partial charge in [-0.2, -0.15) is 0 Å². The van der Waals surface area contributed by atoms with E-state index >= 15 is 0 Å². The number of ether oxygens (including phenoxy) is 2. The second-order valence-electron chi connectivity index (χ2n) is 9.56. The minimum atomic E-state index is -0.853. The number of amides is 3. The molecule has 0 saturated heterocycles. The van der Waals surface area contributed by atoms with E-state index in [-0.39, 0.29) is 24.3 Å². The predicted molar refractivity (Wildman–Crippen MR) is 123 cm³/mol. The van der Waals surface area contributed by atoms with Crippen molar-refractivity contribution in [1.82, 2.24) is 16.0 Å². The van der Waals surface area contributed by atoms with E-state index < -0.39 is 23.3 Å². The molecule has 0 aliphatic rings. The molecule has 0 aliphatic heterocycles. The summed E-state index contributed by atoms with van der Waals surface area (Å²) in [5.74, 6) is -0.225. The Kier molecular flexibility index (Phi) is 13.1. The monoisotopic (exact) mass is 441 g/mol. The Morgan fingerprint density at radius 3 is 1.84 bits per heavy atom. The molecule has 0 spiro atoms. The Morgan fingerprint density at radius 2 is 1.39 bits per heavy atom.